The van der Waals surface area contributed by atoms with Gasteiger partial charge in [0.2, 0.25) is 0 Å². The van der Waals surface area contributed by atoms with Crippen molar-refractivity contribution in [2.24, 2.45) is 0 Å². The van der Waals surface area contributed by atoms with Gasteiger partial charge in [-0.2, -0.15) is 0 Å². The van der Waals surface area contributed by atoms with Crippen LogP contribution < -0.4 is 14.4 Å². The number of benzene rings is 2. The van der Waals surface area contributed by atoms with Crippen molar-refractivity contribution < 1.29 is 9.47 Å². The van der Waals surface area contributed by atoms with Crippen molar-refractivity contribution in [1.82, 2.24) is 4.90 Å². The third-order valence-corrected chi connectivity index (χ3v) is 4.85. The Morgan fingerprint density at radius 2 is 1.69 bits per heavy atom. The summed E-state index contributed by atoms with van der Waals surface area (Å²) in [5.41, 5.74) is 2.27. The molecule has 1 saturated heterocycles. The zero-order valence-electron chi connectivity index (χ0n) is 15.7. The van der Waals surface area contributed by atoms with Crippen LogP contribution in [0.1, 0.15) is 18.4 Å². The smallest absolute Gasteiger partial charge is 0.120 e. The minimum absolute atomic E-state index is 0.778. The van der Waals surface area contributed by atoms with Gasteiger partial charge < -0.3 is 14.4 Å². The molecule has 1 radical (unpaired) electrons. The molecule has 139 valence electrons. The van der Waals surface area contributed by atoms with E-state index >= 15 is 0 Å². The van der Waals surface area contributed by atoms with Crippen molar-refractivity contribution in [3.8, 4) is 11.5 Å². The summed E-state index contributed by atoms with van der Waals surface area (Å²) in [5.74, 6) is 1.86. The first-order chi connectivity index (χ1) is 12.7. The lowest BCUT2D eigenvalue weighted by Crippen LogP contribution is -2.46. The highest BCUT2D eigenvalue weighted by Crippen LogP contribution is 2.22. The van der Waals surface area contributed by atoms with Gasteiger partial charge >= 0.3 is 0 Å². The van der Waals surface area contributed by atoms with E-state index < -0.39 is 0 Å². The first kappa shape index (κ1) is 18.6. The minimum atomic E-state index is 0.778. The van der Waals surface area contributed by atoms with Gasteiger partial charge in [-0.05, 0) is 56.1 Å². The number of methoxy groups -OCH3 is 1. The molecule has 3 rings (SSSR count). The van der Waals surface area contributed by atoms with E-state index in [1.807, 2.05) is 30.3 Å². The molecule has 0 bridgehead atoms. The van der Waals surface area contributed by atoms with Gasteiger partial charge in [0, 0.05) is 37.9 Å². The molecule has 0 aromatic heterocycles. The average molecular weight is 353 g/mol. The molecule has 0 aliphatic carbocycles. The molecule has 4 heteroatoms. The Hall–Kier alpha value is -2.20. The molecule has 0 N–H and O–H groups in total. The maximum atomic E-state index is 5.78. The van der Waals surface area contributed by atoms with Gasteiger partial charge in [-0.15, -0.1) is 0 Å². The van der Waals surface area contributed by atoms with Crippen LogP contribution in [0.25, 0.3) is 0 Å². The maximum absolute atomic E-state index is 5.78. The largest absolute Gasteiger partial charge is 0.497 e. The Labute approximate surface area is 157 Å². The Morgan fingerprint density at radius 1 is 0.923 bits per heavy atom. The Morgan fingerprint density at radius 3 is 2.42 bits per heavy atom. The van der Waals surface area contributed by atoms with Gasteiger partial charge in [-0.25, -0.2) is 0 Å². The van der Waals surface area contributed by atoms with Gasteiger partial charge in [0.1, 0.15) is 11.5 Å². The molecule has 0 saturated carbocycles. The van der Waals surface area contributed by atoms with Gasteiger partial charge in [-0.1, -0.05) is 18.2 Å². The highest BCUT2D eigenvalue weighted by atomic mass is 16.5. The van der Waals surface area contributed by atoms with E-state index in [-0.39, 0.29) is 0 Å². The second-order valence-corrected chi connectivity index (χ2v) is 6.73. The zero-order valence-corrected chi connectivity index (χ0v) is 15.7. The summed E-state index contributed by atoms with van der Waals surface area (Å²) in [6.07, 6.45) is 2.26. The lowest BCUT2D eigenvalue weighted by Gasteiger charge is -2.36. The molecule has 1 aliphatic heterocycles. The molecular weight excluding hydrogens is 324 g/mol. The lowest BCUT2D eigenvalue weighted by atomic mass is 10.2. The van der Waals surface area contributed by atoms with Crippen LogP contribution in [0.4, 0.5) is 5.69 Å². The van der Waals surface area contributed by atoms with Crippen LogP contribution in [-0.2, 0) is 0 Å². The van der Waals surface area contributed by atoms with Crippen molar-refractivity contribution in [1.29, 1.82) is 0 Å². The van der Waals surface area contributed by atoms with Crippen molar-refractivity contribution in [2.75, 3.05) is 51.3 Å². The van der Waals surface area contributed by atoms with Gasteiger partial charge in [0.05, 0.1) is 13.7 Å². The van der Waals surface area contributed by atoms with Crippen molar-refractivity contribution in [3.05, 3.63) is 61.0 Å². The summed E-state index contributed by atoms with van der Waals surface area (Å²) in [6.45, 7) is 10.2. The lowest BCUT2D eigenvalue weighted by molar-refractivity contribution is 0.238. The molecule has 2 aromatic carbocycles. The van der Waals surface area contributed by atoms with Gasteiger partial charge in [0.25, 0.3) is 0 Å². The fourth-order valence-electron chi connectivity index (χ4n) is 3.25. The van der Waals surface area contributed by atoms with Crippen molar-refractivity contribution in [3.63, 3.8) is 0 Å². The quantitative estimate of drug-likeness (QED) is 0.673. The number of hydrogen-bond acceptors (Lipinski definition) is 4. The monoisotopic (exact) mass is 353 g/mol. The predicted molar refractivity (Wildman–Crippen MR) is 107 cm³/mol. The van der Waals surface area contributed by atoms with Gasteiger partial charge in [-0.3, -0.25) is 4.90 Å². The highest BCUT2D eigenvalue weighted by molar-refractivity contribution is 5.51. The summed E-state index contributed by atoms with van der Waals surface area (Å²) in [7, 11) is 1.72. The second-order valence-electron chi connectivity index (χ2n) is 6.73. The van der Waals surface area contributed by atoms with Crippen LogP contribution in [-0.4, -0.2) is 51.3 Å². The first-order valence-corrected chi connectivity index (χ1v) is 9.41. The fraction of sp³-hybridized carbons (Fsp3) is 0.409. The topological polar surface area (TPSA) is 24.9 Å². The zero-order chi connectivity index (χ0) is 18.2. The SMILES string of the molecule is [CH2]c1ccc(OCCCCN2CCN(c3cccc(OC)c3)CC2)cc1. The number of nitrogens with zero attached hydrogens (tertiary/aromatic N) is 2. The molecule has 4 nitrogen and oxygen atoms in total. The number of ether oxygens (including phenoxy) is 2. The fourth-order valence-corrected chi connectivity index (χ4v) is 3.25. The van der Waals surface area contributed by atoms with Crippen LogP contribution in [0.5, 0.6) is 11.5 Å². The average Bonchev–Trinajstić information content (AvgIpc) is 2.70. The predicted octanol–water partition coefficient (Wildman–Crippen LogP) is 3.86. The molecule has 1 heterocycles. The molecule has 1 fully saturated rings. The van der Waals surface area contributed by atoms with Crippen LogP contribution >= 0.6 is 0 Å². The molecule has 1 aliphatic rings. The second kappa shape index (κ2) is 9.48. The van der Waals surface area contributed by atoms with E-state index in [0.717, 1.165) is 62.8 Å². The molecule has 0 unspecified atom stereocenters. The summed E-state index contributed by atoms with van der Waals surface area (Å²) < 4.78 is 11.1. The van der Waals surface area contributed by atoms with E-state index in [4.69, 9.17) is 9.47 Å². The van der Waals surface area contributed by atoms with Crippen LogP contribution in [0, 0.1) is 6.92 Å². The molecule has 0 spiro atoms. The third-order valence-electron chi connectivity index (χ3n) is 4.85. The molecule has 2 aromatic rings. The van der Waals surface area contributed by atoms with E-state index in [0.29, 0.717) is 0 Å². The number of unbranched alkanes of at least 4 members (excludes halogenated alkanes) is 1. The Kier molecular flexibility index (Phi) is 6.78. The Balaban J connectivity index is 1.32. The first-order valence-electron chi connectivity index (χ1n) is 9.41. The van der Waals surface area contributed by atoms with Crippen molar-refractivity contribution >= 4 is 5.69 Å². The van der Waals surface area contributed by atoms with Crippen LogP contribution in [0.15, 0.2) is 48.5 Å². The molecule has 0 amide bonds. The number of rotatable bonds is 8. The molecule has 0 atom stereocenters. The number of hydrogen-bond donors (Lipinski definition) is 0. The van der Waals surface area contributed by atoms with E-state index in [9.17, 15) is 0 Å². The number of anilines is 1. The maximum Gasteiger partial charge on any atom is 0.120 e. The van der Waals surface area contributed by atoms with Crippen LogP contribution in [0.3, 0.4) is 0 Å². The third kappa shape index (κ3) is 5.40. The normalized spacial score (nSPS) is 15.1. The summed E-state index contributed by atoms with van der Waals surface area (Å²) in [5, 5.41) is 0. The minimum Gasteiger partial charge on any atom is -0.497 e. The van der Waals surface area contributed by atoms with E-state index in [2.05, 4.69) is 34.9 Å². The van der Waals surface area contributed by atoms with Gasteiger partial charge in [0.15, 0.2) is 0 Å². The molecular formula is C22H29N2O2. The summed E-state index contributed by atoms with van der Waals surface area (Å²) >= 11 is 0. The summed E-state index contributed by atoms with van der Waals surface area (Å²) in [4.78, 5) is 4.99. The number of piperazine rings is 1. The standard InChI is InChI=1S/C22H29N2O2/c1-19-8-10-21(11-9-19)26-17-4-3-12-23-13-15-24(16-14-23)20-6-5-7-22(18-20)25-2/h5-11,18H,1,3-4,12-17H2,2H3. The Bertz CT molecular complexity index is 664. The summed E-state index contributed by atoms with van der Waals surface area (Å²) in [6, 6.07) is 16.3. The van der Waals surface area contributed by atoms with E-state index in [1.165, 1.54) is 12.1 Å². The van der Waals surface area contributed by atoms with E-state index in [1.54, 1.807) is 7.11 Å². The highest BCUT2D eigenvalue weighted by Gasteiger charge is 2.17. The van der Waals surface area contributed by atoms with Crippen molar-refractivity contribution in [2.45, 2.75) is 12.8 Å². The molecule has 26 heavy (non-hydrogen) atoms. The van der Waals surface area contributed by atoms with Crippen LogP contribution in [0.2, 0.25) is 0 Å².